The molecule has 2 aromatic rings. The number of halogens is 5. The van der Waals surface area contributed by atoms with Crippen LogP contribution in [0.15, 0.2) is 36.4 Å². The molecule has 0 radical (unpaired) electrons. The zero-order valence-corrected chi connectivity index (χ0v) is 10.3. The van der Waals surface area contributed by atoms with Crippen LogP contribution in [0.3, 0.4) is 0 Å². The lowest BCUT2D eigenvalue weighted by Crippen LogP contribution is -2.17. The summed E-state index contributed by atoms with van der Waals surface area (Å²) in [6.45, 7) is 0. The molecule has 0 heterocycles. The van der Waals surface area contributed by atoms with Gasteiger partial charge in [-0.2, -0.15) is 0 Å². The van der Waals surface area contributed by atoms with E-state index in [0.717, 1.165) is 24.3 Å². The molecule has 0 atom stereocenters. The van der Waals surface area contributed by atoms with E-state index in [4.69, 9.17) is 5.73 Å². The van der Waals surface area contributed by atoms with Crippen molar-refractivity contribution in [2.75, 3.05) is 11.1 Å². The quantitative estimate of drug-likeness (QED) is 0.660. The van der Waals surface area contributed by atoms with Crippen LogP contribution in [0.5, 0.6) is 5.75 Å². The third kappa shape index (κ3) is 3.98. The summed E-state index contributed by atoms with van der Waals surface area (Å²) in [5.74, 6) is -2.27. The largest absolute Gasteiger partial charge is 0.573 e. The van der Waals surface area contributed by atoms with E-state index >= 15 is 0 Å². The van der Waals surface area contributed by atoms with Crippen molar-refractivity contribution in [3.63, 3.8) is 0 Å². The lowest BCUT2D eigenvalue weighted by atomic mass is 10.2. The van der Waals surface area contributed by atoms with Crippen molar-refractivity contribution in [2.45, 2.75) is 6.36 Å². The highest BCUT2D eigenvalue weighted by atomic mass is 19.4. The molecule has 0 fully saturated rings. The van der Waals surface area contributed by atoms with Gasteiger partial charge in [-0.3, -0.25) is 0 Å². The number of alkyl halides is 3. The van der Waals surface area contributed by atoms with Gasteiger partial charge >= 0.3 is 6.36 Å². The Morgan fingerprint density at radius 3 is 1.95 bits per heavy atom. The summed E-state index contributed by atoms with van der Waals surface area (Å²) in [5.41, 5.74) is 4.93. The second kappa shape index (κ2) is 5.47. The van der Waals surface area contributed by atoms with Gasteiger partial charge in [0.15, 0.2) is 11.6 Å². The Bertz CT molecular complexity index is 617. The zero-order valence-electron chi connectivity index (χ0n) is 10.3. The molecule has 8 heteroatoms. The van der Waals surface area contributed by atoms with Gasteiger partial charge in [-0.05, 0) is 36.4 Å². The first-order valence-corrected chi connectivity index (χ1v) is 5.62. The van der Waals surface area contributed by atoms with Crippen LogP contribution in [0.25, 0.3) is 0 Å². The highest BCUT2D eigenvalue weighted by Crippen LogP contribution is 2.28. The third-order valence-electron chi connectivity index (χ3n) is 2.42. The first-order chi connectivity index (χ1) is 9.74. The molecule has 0 unspecified atom stereocenters. The van der Waals surface area contributed by atoms with Crippen LogP contribution in [-0.2, 0) is 0 Å². The second-order valence-electron chi connectivity index (χ2n) is 4.06. The van der Waals surface area contributed by atoms with Crippen molar-refractivity contribution in [1.82, 2.24) is 0 Å². The van der Waals surface area contributed by atoms with E-state index in [0.29, 0.717) is 0 Å². The first kappa shape index (κ1) is 14.9. The van der Waals surface area contributed by atoms with Gasteiger partial charge in [0.25, 0.3) is 0 Å². The molecule has 0 aliphatic rings. The van der Waals surface area contributed by atoms with Crippen molar-refractivity contribution in [2.24, 2.45) is 0 Å². The number of hydrogen-bond acceptors (Lipinski definition) is 3. The third-order valence-corrected chi connectivity index (χ3v) is 2.42. The number of hydrogen-bond donors (Lipinski definition) is 2. The van der Waals surface area contributed by atoms with E-state index < -0.39 is 29.4 Å². The molecule has 0 saturated carbocycles. The molecule has 0 aliphatic carbocycles. The molecular weight excluding hydrogens is 295 g/mol. The Morgan fingerprint density at radius 2 is 1.48 bits per heavy atom. The molecule has 0 bridgehead atoms. The number of nitrogens with one attached hydrogen (secondary N) is 1. The summed E-state index contributed by atoms with van der Waals surface area (Å²) in [6.07, 6.45) is -4.80. The Balaban J connectivity index is 2.18. The van der Waals surface area contributed by atoms with Crippen molar-refractivity contribution in [3.05, 3.63) is 48.0 Å². The van der Waals surface area contributed by atoms with Gasteiger partial charge in [-0.15, -0.1) is 13.2 Å². The van der Waals surface area contributed by atoms with Gasteiger partial charge in [0.05, 0.1) is 0 Å². The lowest BCUT2D eigenvalue weighted by molar-refractivity contribution is -0.274. The number of rotatable bonds is 3. The Kier molecular flexibility index (Phi) is 3.88. The molecule has 0 spiro atoms. The Labute approximate surface area is 116 Å². The monoisotopic (exact) mass is 304 g/mol. The summed E-state index contributed by atoms with van der Waals surface area (Å²) in [4.78, 5) is 0. The molecule has 112 valence electrons. The summed E-state index contributed by atoms with van der Waals surface area (Å²) < 4.78 is 66.7. The number of benzene rings is 2. The summed E-state index contributed by atoms with van der Waals surface area (Å²) in [7, 11) is 0. The Morgan fingerprint density at radius 1 is 0.952 bits per heavy atom. The molecular formula is C13H9F5N2O. The predicted molar refractivity (Wildman–Crippen MR) is 67.2 cm³/mol. The van der Waals surface area contributed by atoms with Crippen LogP contribution in [0.2, 0.25) is 0 Å². The van der Waals surface area contributed by atoms with E-state index in [-0.39, 0.29) is 11.4 Å². The number of ether oxygens (including phenoxy) is 1. The topological polar surface area (TPSA) is 47.3 Å². The maximum absolute atomic E-state index is 13.5. The zero-order chi connectivity index (χ0) is 15.6. The molecule has 3 N–H and O–H groups in total. The van der Waals surface area contributed by atoms with E-state index in [2.05, 4.69) is 10.1 Å². The predicted octanol–water partition coefficient (Wildman–Crippen LogP) is 4.19. The normalized spacial score (nSPS) is 11.3. The molecule has 2 rings (SSSR count). The van der Waals surface area contributed by atoms with Gasteiger partial charge in [0.2, 0.25) is 0 Å². The Hall–Kier alpha value is -2.51. The second-order valence-corrected chi connectivity index (χ2v) is 4.06. The summed E-state index contributed by atoms with van der Waals surface area (Å²) in [5, 5.41) is 2.42. The molecule has 3 nitrogen and oxygen atoms in total. The molecule has 0 amide bonds. The standard InChI is InChI=1S/C13H9F5N2O/c14-10-5-7(19)6-11(15)12(10)20-8-1-3-9(4-2-8)21-13(16,17)18/h1-6,20H,19H2. The van der Waals surface area contributed by atoms with Crippen LogP contribution in [0.1, 0.15) is 0 Å². The fraction of sp³-hybridized carbons (Fsp3) is 0.0769. The molecule has 2 aromatic carbocycles. The number of nitrogens with two attached hydrogens (primary N) is 1. The van der Waals surface area contributed by atoms with E-state index in [1.807, 2.05) is 0 Å². The highest BCUT2D eigenvalue weighted by Gasteiger charge is 2.30. The minimum atomic E-state index is -4.80. The van der Waals surface area contributed by atoms with Crippen molar-refractivity contribution >= 4 is 17.1 Å². The van der Waals surface area contributed by atoms with Gasteiger partial charge < -0.3 is 15.8 Å². The summed E-state index contributed by atoms with van der Waals surface area (Å²) >= 11 is 0. The number of nitrogen functional groups attached to an aromatic ring is 1. The van der Waals surface area contributed by atoms with Gasteiger partial charge in [0, 0.05) is 11.4 Å². The summed E-state index contributed by atoms with van der Waals surface area (Å²) in [6, 6.07) is 6.26. The maximum Gasteiger partial charge on any atom is 0.573 e. The average Bonchev–Trinajstić information content (AvgIpc) is 2.34. The smallest absolute Gasteiger partial charge is 0.406 e. The number of anilines is 3. The first-order valence-electron chi connectivity index (χ1n) is 5.62. The highest BCUT2D eigenvalue weighted by molar-refractivity contribution is 5.63. The molecule has 0 aliphatic heterocycles. The fourth-order valence-corrected chi connectivity index (χ4v) is 1.60. The molecule has 0 saturated heterocycles. The average molecular weight is 304 g/mol. The van der Waals surface area contributed by atoms with E-state index in [1.54, 1.807) is 0 Å². The van der Waals surface area contributed by atoms with Gasteiger partial charge in [-0.25, -0.2) is 8.78 Å². The van der Waals surface area contributed by atoms with E-state index in [1.165, 1.54) is 12.1 Å². The van der Waals surface area contributed by atoms with Gasteiger partial charge in [-0.1, -0.05) is 0 Å². The molecule has 0 aromatic heterocycles. The van der Waals surface area contributed by atoms with Crippen LogP contribution in [0, 0.1) is 11.6 Å². The molecule has 21 heavy (non-hydrogen) atoms. The van der Waals surface area contributed by atoms with Crippen molar-refractivity contribution < 1.29 is 26.7 Å². The minimum Gasteiger partial charge on any atom is -0.406 e. The lowest BCUT2D eigenvalue weighted by Gasteiger charge is -2.11. The van der Waals surface area contributed by atoms with Crippen LogP contribution < -0.4 is 15.8 Å². The van der Waals surface area contributed by atoms with E-state index in [9.17, 15) is 22.0 Å². The van der Waals surface area contributed by atoms with Crippen LogP contribution in [-0.4, -0.2) is 6.36 Å². The van der Waals surface area contributed by atoms with Crippen molar-refractivity contribution in [3.8, 4) is 5.75 Å². The minimum absolute atomic E-state index is 0.0792. The van der Waals surface area contributed by atoms with Crippen LogP contribution >= 0.6 is 0 Å². The maximum atomic E-state index is 13.5. The fourth-order valence-electron chi connectivity index (χ4n) is 1.60. The van der Waals surface area contributed by atoms with Crippen molar-refractivity contribution in [1.29, 1.82) is 0 Å². The van der Waals surface area contributed by atoms with Crippen LogP contribution in [0.4, 0.5) is 39.0 Å². The van der Waals surface area contributed by atoms with Gasteiger partial charge in [0.1, 0.15) is 11.4 Å². The SMILES string of the molecule is Nc1cc(F)c(Nc2ccc(OC(F)(F)F)cc2)c(F)c1.